The van der Waals surface area contributed by atoms with Gasteiger partial charge < -0.3 is 5.73 Å². The third kappa shape index (κ3) is 2.59. The number of aromatic nitrogens is 2. The molecule has 0 spiro atoms. The van der Waals surface area contributed by atoms with Crippen molar-refractivity contribution in [2.45, 2.75) is 30.7 Å². The molecule has 0 amide bonds. The van der Waals surface area contributed by atoms with E-state index in [1.54, 1.807) is 0 Å². The quantitative estimate of drug-likeness (QED) is 0.849. The van der Waals surface area contributed by atoms with E-state index in [1.165, 1.54) is 0 Å². The molecular formula is C8H7F8N3. The number of halogens is 8. The Kier molecular flexibility index (Phi) is 3.70. The van der Waals surface area contributed by atoms with Gasteiger partial charge in [-0.1, -0.05) is 0 Å². The Morgan fingerprint density at radius 3 is 2.05 bits per heavy atom. The molecule has 1 aromatic heterocycles. The predicted octanol–water partition coefficient (Wildman–Crippen LogP) is 2.64. The van der Waals surface area contributed by atoms with E-state index in [1.807, 2.05) is 0 Å². The number of anilines is 1. The van der Waals surface area contributed by atoms with Gasteiger partial charge in [-0.15, -0.1) is 0 Å². The predicted molar refractivity (Wildman–Crippen MR) is 47.5 cm³/mol. The first kappa shape index (κ1) is 15.5. The minimum atomic E-state index is -6.24. The number of rotatable bonds is 5. The van der Waals surface area contributed by atoms with Crippen LogP contribution in [0.15, 0.2) is 12.4 Å². The number of alkyl halides is 8. The van der Waals surface area contributed by atoms with E-state index in [0.717, 1.165) is 6.20 Å². The molecule has 1 aromatic rings. The third-order valence-electron chi connectivity index (χ3n) is 2.17. The second-order valence-electron chi connectivity index (χ2n) is 3.67. The Balaban J connectivity index is 3.04. The van der Waals surface area contributed by atoms with Gasteiger partial charge in [0.25, 0.3) is 0 Å². The zero-order valence-electron chi connectivity index (χ0n) is 8.93. The van der Waals surface area contributed by atoms with E-state index in [-0.39, 0.29) is 10.4 Å². The van der Waals surface area contributed by atoms with Crippen LogP contribution in [0.25, 0.3) is 0 Å². The van der Waals surface area contributed by atoms with Crippen molar-refractivity contribution in [3.8, 4) is 0 Å². The summed E-state index contributed by atoms with van der Waals surface area (Å²) in [6.07, 6.45) is -3.46. The molecule has 0 saturated heterocycles. The summed E-state index contributed by atoms with van der Waals surface area (Å²) < 4.78 is 101. The smallest absolute Gasteiger partial charge is 0.379 e. The highest BCUT2D eigenvalue weighted by Crippen LogP contribution is 2.49. The summed E-state index contributed by atoms with van der Waals surface area (Å²) in [5.41, 5.74) is 4.88. The second kappa shape index (κ2) is 4.53. The fourth-order valence-corrected chi connectivity index (χ4v) is 1.15. The van der Waals surface area contributed by atoms with Crippen LogP contribution in [0, 0.1) is 0 Å². The highest BCUT2D eigenvalue weighted by Gasteiger charge is 2.75. The Morgan fingerprint density at radius 2 is 1.68 bits per heavy atom. The van der Waals surface area contributed by atoms with Gasteiger partial charge in [0, 0.05) is 6.20 Å². The summed E-state index contributed by atoms with van der Waals surface area (Å²) in [5.74, 6) is -17.9. The summed E-state index contributed by atoms with van der Waals surface area (Å²) >= 11 is 0. The molecule has 0 fully saturated rings. The van der Waals surface area contributed by atoms with E-state index in [9.17, 15) is 35.1 Å². The van der Waals surface area contributed by atoms with Crippen molar-refractivity contribution in [3.05, 3.63) is 12.4 Å². The molecule has 0 aliphatic carbocycles. The summed E-state index contributed by atoms with van der Waals surface area (Å²) in [6, 6.07) is 0. The van der Waals surface area contributed by atoms with Crippen LogP contribution in [0.5, 0.6) is 0 Å². The molecule has 0 bridgehead atoms. The van der Waals surface area contributed by atoms with Crippen LogP contribution in [0.2, 0.25) is 0 Å². The molecule has 19 heavy (non-hydrogen) atoms. The number of nitrogens with two attached hydrogens (primary N) is 1. The van der Waals surface area contributed by atoms with Crippen molar-refractivity contribution >= 4 is 5.69 Å². The van der Waals surface area contributed by atoms with E-state index >= 15 is 0 Å². The maximum Gasteiger partial charge on any atom is 0.379 e. The van der Waals surface area contributed by atoms with Gasteiger partial charge in [-0.05, 0) is 0 Å². The highest BCUT2D eigenvalue weighted by atomic mass is 19.4. The molecule has 2 N–H and O–H groups in total. The van der Waals surface area contributed by atoms with Crippen molar-refractivity contribution in [1.29, 1.82) is 0 Å². The molecule has 1 rings (SSSR count). The lowest BCUT2D eigenvalue weighted by atomic mass is 10.1. The van der Waals surface area contributed by atoms with E-state index in [2.05, 4.69) is 5.10 Å². The van der Waals surface area contributed by atoms with Crippen LogP contribution < -0.4 is 5.73 Å². The maximum absolute atomic E-state index is 13.1. The van der Waals surface area contributed by atoms with Crippen LogP contribution >= 0.6 is 0 Å². The highest BCUT2D eigenvalue weighted by molar-refractivity contribution is 5.30. The number of nitrogens with zero attached hydrogens (tertiary/aromatic N) is 2. The molecule has 0 saturated carbocycles. The molecule has 3 nitrogen and oxygen atoms in total. The number of nitrogen functional groups attached to an aromatic ring is 1. The van der Waals surface area contributed by atoms with Gasteiger partial charge in [0.15, 0.2) is 0 Å². The van der Waals surface area contributed by atoms with Crippen molar-refractivity contribution in [2.75, 3.05) is 5.73 Å². The third-order valence-corrected chi connectivity index (χ3v) is 2.17. The van der Waals surface area contributed by atoms with Crippen molar-refractivity contribution in [2.24, 2.45) is 0 Å². The largest absolute Gasteiger partial charge is 0.396 e. The molecular weight excluding hydrogens is 290 g/mol. The lowest BCUT2D eigenvalue weighted by Crippen LogP contribution is -2.58. The van der Waals surface area contributed by atoms with Crippen LogP contribution in [0.1, 0.15) is 0 Å². The first-order chi connectivity index (χ1) is 8.42. The van der Waals surface area contributed by atoms with Crippen LogP contribution in [0.3, 0.4) is 0 Å². The molecule has 110 valence electrons. The first-order valence-electron chi connectivity index (χ1n) is 4.61. The molecule has 0 aliphatic heterocycles. The van der Waals surface area contributed by atoms with Crippen molar-refractivity contribution in [1.82, 2.24) is 9.78 Å². The molecule has 0 aromatic carbocycles. The van der Waals surface area contributed by atoms with Gasteiger partial charge in [-0.3, -0.25) is 4.68 Å². The van der Waals surface area contributed by atoms with E-state index in [4.69, 9.17) is 5.73 Å². The normalized spacial score (nSPS) is 14.2. The molecule has 11 heteroatoms. The molecule has 0 radical (unpaired) electrons. The Bertz CT molecular complexity index is 441. The fourth-order valence-electron chi connectivity index (χ4n) is 1.15. The lowest BCUT2D eigenvalue weighted by Gasteiger charge is -2.32. The zero-order chi connectivity index (χ0) is 15.1. The van der Waals surface area contributed by atoms with Crippen molar-refractivity contribution in [3.63, 3.8) is 0 Å². The van der Waals surface area contributed by atoms with Gasteiger partial charge >= 0.3 is 24.2 Å². The Hall–Kier alpha value is -1.55. The van der Waals surface area contributed by atoms with E-state index < -0.39 is 30.7 Å². The molecule has 1 heterocycles. The molecule has 0 aliphatic rings. The van der Waals surface area contributed by atoms with Crippen molar-refractivity contribution < 1.29 is 35.1 Å². The van der Waals surface area contributed by atoms with Crippen LogP contribution in [-0.2, 0) is 6.54 Å². The number of hydrogen-bond acceptors (Lipinski definition) is 2. The summed E-state index contributed by atoms with van der Waals surface area (Å²) in [5, 5.41) is 3.09. The average Bonchev–Trinajstić information content (AvgIpc) is 2.62. The summed E-state index contributed by atoms with van der Waals surface area (Å²) in [7, 11) is 0. The van der Waals surface area contributed by atoms with Crippen LogP contribution in [0.4, 0.5) is 40.8 Å². The van der Waals surface area contributed by atoms with Gasteiger partial charge in [-0.25, -0.2) is 8.78 Å². The molecule has 0 unspecified atom stereocenters. The summed E-state index contributed by atoms with van der Waals surface area (Å²) in [4.78, 5) is 0. The van der Waals surface area contributed by atoms with Gasteiger partial charge in [0.2, 0.25) is 0 Å². The zero-order valence-corrected chi connectivity index (χ0v) is 8.93. The SMILES string of the molecule is Nc1cnn(CC(F)(F)C(F)(F)C(F)(F)C(F)F)c1. The van der Waals surface area contributed by atoms with Gasteiger partial charge in [0.1, 0.15) is 6.54 Å². The number of hydrogen-bond donors (Lipinski definition) is 1. The monoisotopic (exact) mass is 297 g/mol. The first-order valence-corrected chi connectivity index (χ1v) is 4.61. The van der Waals surface area contributed by atoms with E-state index in [0.29, 0.717) is 6.20 Å². The fraction of sp³-hybridized carbons (Fsp3) is 0.625. The average molecular weight is 297 g/mol. The minimum Gasteiger partial charge on any atom is -0.396 e. The Morgan fingerprint density at radius 1 is 1.16 bits per heavy atom. The van der Waals surface area contributed by atoms with Gasteiger partial charge in [-0.2, -0.15) is 31.4 Å². The minimum absolute atomic E-state index is 0.158. The van der Waals surface area contributed by atoms with Gasteiger partial charge in [0.05, 0.1) is 11.9 Å². The summed E-state index contributed by atoms with van der Waals surface area (Å²) in [6.45, 7) is -2.01. The molecule has 0 atom stereocenters. The second-order valence-corrected chi connectivity index (χ2v) is 3.67. The van der Waals surface area contributed by atoms with Crippen LogP contribution in [-0.4, -0.2) is 34.0 Å². The lowest BCUT2D eigenvalue weighted by molar-refractivity contribution is -0.341. The maximum atomic E-state index is 13.1. The Labute approximate surface area is 101 Å². The standard InChI is InChI=1S/C8H7F8N3/c9-5(10)7(13,14)8(15,16)6(11,12)3-19-2-4(17)1-18-19/h1-2,5H,3,17H2. The topological polar surface area (TPSA) is 43.8 Å².